The van der Waals surface area contributed by atoms with Gasteiger partial charge in [-0.15, -0.1) is 6.58 Å². The number of carbonyl (C=O) groups excluding carboxylic acids is 1. The zero-order chi connectivity index (χ0) is 21.5. The number of hydrogen-bond acceptors (Lipinski definition) is 6. The number of hydrogen-bond donors (Lipinski definition) is 1. The monoisotopic (exact) mass is 402 g/mol. The molecule has 2 aliphatic rings. The lowest BCUT2D eigenvalue weighted by Gasteiger charge is -2.34. The van der Waals surface area contributed by atoms with Gasteiger partial charge in [-0.25, -0.2) is 0 Å². The molecule has 2 bridgehead atoms. The Bertz CT molecular complexity index is 819. The van der Waals surface area contributed by atoms with E-state index in [0.29, 0.717) is 17.2 Å². The molecular weight excluding hydrogens is 372 g/mol. The highest BCUT2D eigenvalue weighted by atomic mass is 16.5. The van der Waals surface area contributed by atoms with Crippen LogP contribution in [0.25, 0.3) is 0 Å². The Hall–Kier alpha value is -2.31. The van der Waals surface area contributed by atoms with Crippen LogP contribution in [0.2, 0.25) is 0 Å². The molecule has 0 radical (unpaired) electrons. The topological polar surface area (TPSA) is 74.2 Å². The Kier molecular flexibility index (Phi) is 5.79. The number of aliphatic hydroxyl groups excluding tert-OH is 1. The standard InChI is InChI=1S/C23H30O6/c1-8-12(2)15-11-23(29-7)13(3)18(19(20(15)24)22(23)25)14-9-16(26-4)21(28-6)17(10-14)27-5/h8-13,18-20,24H,1H2,2-7H3. The molecule has 2 aliphatic carbocycles. The minimum atomic E-state index is -1.08. The first kappa shape index (κ1) is 21.4. The third-order valence-corrected chi connectivity index (χ3v) is 6.64. The van der Waals surface area contributed by atoms with E-state index in [9.17, 15) is 9.90 Å². The molecule has 0 aromatic heterocycles. The van der Waals surface area contributed by atoms with Crippen LogP contribution in [0.15, 0.2) is 36.4 Å². The number of carbonyl (C=O) groups is 1. The van der Waals surface area contributed by atoms with Gasteiger partial charge in [-0.2, -0.15) is 0 Å². The third kappa shape index (κ3) is 2.97. The molecule has 6 nitrogen and oxygen atoms in total. The van der Waals surface area contributed by atoms with Crippen LogP contribution in [0, 0.1) is 17.8 Å². The summed E-state index contributed by atoms with van der Waals surface area (Å²) in [4.78, 5) is 13.4. The number of ketones is 1. The maximum absolute atomic E-state index is 13.4. The van der Waals surface area contributed by atoms with Crippen molar-refractivity contribution >= 4 is 5.78 Å². The summed E-state index contributed by atoms with van der Waals surface area (Å²) in [7, 11) is 6.21. The van der Waals surface area contributed by atoms with Crippen LogP contribution >= 0.6 is 0 Å². The van der Waals surface area contributed by atoms with Crippen molar-refractivity contribution in [1.29, 1.82) is 0 Å². The van der Waals surface area contributed by atoms with Crippen LogP contribution in [0.5, 0.6) is 17.2 Å². The van der Waals surface area contributed by atoms with Crippen LogP contribution in [0.1, 0.15) is 25.3 Å². The van der Waals surface area contributed by atoms with Crippen molar-refractivity contribution in [3.8, 4) is 17.2 Å². The molecule has 6 atom stereocenters. The van der Waals surface area contributed by atoms with Crippen LogP contribution in [-0.2, 0) is 9.53 Å². The summed E-state index contributed by atoms with van der Waals surface area (Å²) in [6.07, 6.45) is 2.67. The molecule has 0 heterocycles. The zero-order valence-corrected chi connectivity index (χ0v) is 17.9. The van der Waals surface area contributed by atoms with Gasteiger partial charge in [0.1, 0.15) is 5.60 Å². The Morgan fingerprint density at radius 2 is 1.69 bits per heavy atom. The summed E-state index contributed by atoms with van der Waals surface area (Å²) in [5.41, 5.74) is 0.527. The summed E-state index contributed by atoms with van der Waals surface area (Å²) < 4.78 is 22.2. The van der Waals surface area contributed by atoms with Gasteiger partial charge in [0.25, 0.3) is 0 Å². The van der Waals surface area contributed by atoms with Crippen LogP contribution in [0.3, 0.4) is 0 Å². The number of benzene rings is 1. The van der Waals surface area contributed by atoms with Gasteiger partial charge >= 0.3 is 0 Å². The largest absolute Gasteiger partial charge is 0.493 e. The van der Waals surface area contributed by atoms with E-state index in [2.05, 4.69) is 6.58 Å². The van der Waals surface area contributed by atoms with Crippen molar-refractivity contribution in [2.75, 3.05) is 28.4 Å². The van der Waals surface area contributed by atoms with E-state index < -0.39 is 17.6 Å². The van der Waals surface area contributed by atoms with E-state index in [0.717, 1.165) is 11.1 Å². The predicted octanol–water partition coefficient (Wildman–Crippen LogP) is 3.14. The second kappa shape index (κ2) is 7.84. The van der Waals surface area contributed by atoms with Gasteiger partial charge in [0.15, 0.2) is 17.3 Å². The SMILES string of the molecule is C=CC(C)C1=CC2(OC)C(=O)C(C1O)C(c1cc(OC)c(OC)c(OC)c1)C2C. The maximum atomic E-state index is 13.4. The van der Waals surface area contributed by atoms with Crippen molar-refractivity contribution in [1.82, 2.24) is 0 Å². The summed E-state index contributed by atoms with van der Waals surface area (Å²) in [5.74, 6) is 0.233. The summed E-state index contributed by atoms with van der Waals surface area (Å²) in [6, 6.07) is 3.70. The summed E-state index contributed by atoms with van der Waals surface area (Å²) in [6.45, 7) is 7.79. The molecule has 0 amide bonds. The van der Waals surface area contributed by atoms with Gasteiger partial charge in [-0.1, -0.05) is 19.9 Å². The summed E-state index contributed by atoms with van der Waals surface area (Å²) in [5, 5.41) is 11.2. The number of ether oxygens (including phenoxy) is 4. The van der Waals surface area contributed by atoms with Crippen molar-refractivity contribution in [2.45, 2.75) is 31.5 Å². The number of fused-ring (bicyclic) bond motifs is 2. The molecular formula is C23H30O6. The lowest BCUT2D eigenvalue weighted by molar-refractivity contribution is -0.140. The highest BCUT2D eigenvalue weighted by Gasteiger charge is 2.63. The van der Waals surface area contributed by atoms with Gasteiger partial charge in [-0.3, -0.25) is 4.79 Å². The van der Waals surface area contributed by atoms with Gasteiger partial charge < -0.3 is 24.1 Å². The van der Waals surface area contributed by atoms with E-state index in [1.54, 1.807) is 34.5 Å². The molecule has 1 saturated carbocycles. The normalized spacial score (nSPS) is 31.8. The average molecular weight is 402 g/mol. The van der Waals surface area contributed by atoms with E-state index in [-0.39, 0.29) is 23.5 Å². The fraction of sp³-hybridized carbons (Fsp3) is 0.522. The van der Waals surface area contributed by atoms with E-state index in [1.165, 1.54) is 0 Å². The first-order valence-electron chi connectivity index (χ1n) is 9.73. The fourth-order valence-electron chi connectivity index (χ4n) is 4.98. The molecule has 29 heavy (non-hydrogen) atoms. The minimum absolute atomic E-state index is 0.0685. The molecule has 1 fully saturated rings. The molecule has 1 aromatic rings. The number of methoxy groups -OCH3 is 4. The number of aliphatic hydroxyl groups is 1. The van der Waals surface area contributed by atoms with Gasteiger partial charge in [0.05, 0.1) is 33.4 Å². The molecule has 0 spiro atoms. The number of Topliss-reactive ketones (excluding diaryl/α,β-unsaturated/α-hetero) is 1. The molecule has 158 valence electrons. The van der Waals surface area contributed by atoms with Crippen molar-refractivity contribution in [3.05, 3.63) is 42.0 Å². The second-order valence-electron chi connectivity index (χ2n) is 7.77. The fourth-order valence-corrected chi connectivity index (χ4v) is 4.98. The first-order chi connectivity index (χ1) is 13.8. The van der Waals surface area contributed by atoms with E-state index in [1.807, 2.05) is 32.1 Å². The number of allylic oxidation sites excluding steroid dienone is 1. The van der Waals surface area contributed by atoms with Crippen LogP contribution in [-0.4, -0.2) is 51.0 Å². The van der Waals surface area contributed by atoms with Crippen LogP contribution < -0.4 is 14.2 Å². The van der Waals surface area contributed by atoms with Gasteiger partial charge in [0.2, 0.25) is 5.75 Å². The van der Waals surface area contributed by atoms with Crippen LogP contribution in [0.4, 0.5) is 0 Å². The Morgan fingerprint density at radius 3 is 2.14 bits per heavy atom. The van der Waals surface area contributed by atoms with E-state index >= 15 is 0 Å². The molecule has 0 saturated heterocycles. The predicted molar refractivity (Wildman–Crippen MR) is 110 cm³/mol. The Labute approximate surface area is 172 Å². The first-order valence-corrected chi connectivity index (χ1v) is 9.73. The highest BCUT2D eigenvalue weighted by molar-refractivity contribution is 5.98. The maximum Gasteiger partial charge on any atom is 0.203 e. The molecule has 1 N–H and O–H groups in total. The molecule has 0 aliphatic heterocycles. The highest BCUT2D eigenvalue weighted by Crippen LogP contribution is 2.57. The second-order valence-corrected chi connectivity index (χ2v) is 7.77. The lowest BCUT2D eigenvalue weighted by atomic mass is 9.76. The van der Waals surface area contributed by atoms with Gasteiger partial charge in [0, 0.05) is 18.9 Å². The zero-order valence-electron chi connectivity index (χ0n) is 17.9. The quantitative estimate of drug-likeness (QED) is 0.707. The van der Waals surface area contributed by atoms with Crippen molar-refractivity contribution in [2.24, 2.45) is 17.8 Å². The Balaban J connectivity index is 2.19. The van der Waals surface area contributed by atoms with E-state index in [4.69, 9.17) is 18.9 Å². The van der Waals surface area contributed by atoms with Crippen molar-refractivity contribution in [3.63, 3.8) is 0 Å². The smallest absolute Gasteiger partial charge is 0.203 e. The molecule has 3 rings (SSSR count). The van der Waals surface area contributed by atoms with Gasteiger partial charge in [-0.05, 0) is 35.3 Å². The lowest BCUT2D eigenvalue weighted by Crippen LogP contribution is -2.47. The van der Waals surface area contributed by atoms with Crippen molar-refractivity contribution < 1.29 is 28.8 Å². The molecule has 6 unspecified atom stereocenters. The third-order valence-electron chi connectivity index (χ3n) is 6.64. The average Bonchev–Trinajstić information content (AvgIpc) is 2.89. The number of rotatable bonds is 7. The molecule has 6 heteroatoms. The summed E-state index contributed by atoms with van der Waals surface area (Å²) >= 11 is 0. The Morgan fingerprint density at radius 1 is 1.10 bits per heavy atom. The minimum Gasteiger partial charge on any atom is -0.493 e. The molecule has 1 aromatic carbocycles.